The summed E-state index contributed by atoms with van der Waals surface area (Å²) in [5.74, 6) is 2.50. The fraction of sp³-hybridized carbons (Fsp3) is 0.455. The Balaban J connectivity index is 1.96. The van der Waals surface area contributed by atoms with Crippen molar-refractivity contribution >= 4 is 27.6 Å². The second-order valence-corrected chi connectivity index (χ2v) is 4.74. The lowest BCUT2D eigenvalue weighted by Crippen LogP contribution is -2.11. The molecular formula is C11H16BrN7. The highest BCUT2D eigenvalue weighted by molar-refractivity contribution is 9.10. The third-order valence-corrected chi connectivity index (χ3v) is 3.33. The maximum Gasteiger partial charge on any atom is 0.145 e. The quantitative estimate of drug-likeness (QED) is 0.836. The van der Waals surface area contributed by atoms with Gasteiger partial charge in [0.25, 0.3) is 0 Å². The predicted octanol–water partition coefficient (Wildman–Crippen LogP) is 1.45. The van der Waals surface area contributed by atoms with Crippen molar-refractivity contribution in [1.82, 2.24) is 24.7 Å². The number of anilines is 2. The number of nitrogens with one attached hydrogen (secondary N) is 2. The first-order valence-corrected chi connectivity index (χ1v) is 6.82. The Kier molecular flexibility index (Phi) is 4.67. The molecule has 19 heavy (non-hydrogen) atoms. The molecule has 0 aliphatic heterocycles. The summed E-state index contributed by atoms with van der Waals surface area (Å²) in [6.45, 7) is 3.57. The molecule has 7 nitrogen and oxygen atoms in total. The van der Waals surface area contributed by atoms with E-state index in [-0.39, 0.29) is 0 Å². The molecule has 0 spiro atoms. The number of hydrogen-bond donors (Lipinski definition) is 2. The maximum atomic E-state index is 4.21. The highest BCUT2D eigenvalue weighted by Crippen LogP contribution is 2.26. The molecule has 2 aromatic heterocycles. The van der Waals surface area contributed by atoms with E-state index in [1.807, 2.05) is 18.5 Å². The van der Waals surface area contributed by atoms with Crippen molar-refractivity contribution in [1.29, 1.82) is 0 Å². The maximum absolute atomic E-state index is 4.21. The van der Waals surface area contributed by atoms with Gasteiger partial charge in [-0.1, -0.05) is 0 Å². The minimum Gasteiger partial charge on any atom is -0.369 e. The van der Waals surface area contributed by atoms with Crippen LogP contribution in [0.2, 0.25) is 0 Å². The van der Waals surface area contributed by atoms with Crippen LogP contribution in [-0.2, 0) is 13.5 Å². The van der Waals surface area contributed by atoms with Crippen LogP contribution in [-0.4, -0.2) is 37.8 Å². The molecule has 102 valence electrons. The van der Waals surface area contributed by atoms with E-state index < -0.39 is 0 Å². The van der Waals surface area contributed by atoms with Crippen molar-refractivity contribution in [2.45, 2.75) is 13.3 Å². The first-order valence-electron chi connectivity index (χ1n) is 6.03. The average molecular weight is 326 g/mol. The third kappa shape index (κ3) is 3.40. The fourth-order valence-electron chi connectivity index (χ4n) is 1.61. The van der Waals surface area contributed by atoms with Crippen molar-refractivity contribution < 1.29 is 0 Å². The molecule has 0 radical (unpaired) electrons. The number of rotatable bonds is 6. The van der Waals surface area contributed by atoms with Crippen LogP contribution < -0.4 is 10.6 Å². The number of aryl methyl sites for hydroxylation is 1. The zero-order valence-electron chi connectivity index (χ0n) is 10.9. The van der Waals surface area contributed by atoms with E-state index in [0.29, 0.717) is 0 Å². The summed E-state index contributed by atoms with van der Waals surface area (Å²) in [5, 5.41) is 14.3. The Bertz CT molecular complexity index is 540. The van der Waals surface area contributed by atoms with Crippen LogP contribution in [0, 0.1) is 0 Å². The molecule has 0 aliphatic rings. The van der Waals surface area contributed by atoms with E-state index in [1.54, 1.807) is 6.33 Å². The SMILES string of the molecule is CCNc1ncnc(NCCc2nncn2C)c1Br. The predicted molar refractivity (Wildman–Crippen MR) is 77.1 cm³/mol. The molecule has 8 heteroatoms. The smallest absolute Gasteiger partial charge is 0.145 e. The minimum absolute atomic E-state index is 0.730. The second-order valence-electron chi connectivity index (χ2n) is 3.95. The van der Waals surface area contributed by atoms with Gasteiger partial charge in [0.05, 0.1) is 0 Å². The monoisotopic (exact) mass is 325 g/mol. The van der Waals surface area contributed by atoms with Crippen molar-refractivity contribution in [2.75, 3.05) is 23.7 Å². The van der Waals surface area contributed by atoms with Crippen LogP contribution in [0.4, 0.5) is 11.6 Å². The summed E-state index contributed by atoms with van der Waals surface area (Å²) in [4.78, 5) is 8.38. The van der Waals surface area contributed by atoms with Crippen LogP contribution in [0.25, 0.3) is 0 Å². The van der Waals surface area contributed by atoms with Gasteiger partial charge >= 0.3 is 0 Å². The topological polar surface area (TPSA) is 80.6 Å². The third-order valence-electron chi connectivity index (χ3n) is 2.58. The summed E-state index contributed by atoms with van der Waals surface area (Å²) in [7, 11) is 1.93. The van der Waals surface area contributed by atoms with Crippen molar-refractivity contribution in [2.24, 2.45) is 7.05 Å². The summed E-state index contributed by atoms with van der Waals surface area (Å²) in [5.41, 5.74) is 0. The van der Waals surface area contributed by atoms with Gasteiger partial charge in [0, 0.05) is 26.6 Å². The molecule has 2 rings (SSSR count). The highest BCUT2D eigenvalue weighted by Gasteiger charge is 2.08. The lowest BCUT2D eigenvalue weighted by atomic mass is 10.4. The van der Waals surface area contributed by atoms with Gasteiger partial charge < -0.3 is 15.2 Å². The summed E-state index contributed by atoms with van der Waals surface area (Å²) >= 11 is 3.49. The van der Waals surface area contributed by atoms with Gasteiger partial charge in [-0.3, -0.25) is 0 Å². The number of halogens is 1. The van der Waals surface area contributed by atoms with Crippen molar-refractivity contribution in [3.63, 3.8) is 0 Å². The average Bonchev–Trinajstić information content (AvgIpc) is 2.80. The van der Waals surface area contributed by atoms with Crippen molar-refractivity contribution in [3.05, 3.63) is 23.0 Å². The molecule has 0 aromatic carbocycles. The van der Waals surface area contributed by atoms with Crippen LogP contribution in [0.15, 0.2) is 17.1 Å². The largest absolute Gasteiger partial charge is 0.369 e. The van der Waals surface area contributed by atoms with E-state index in [0.717, 1.165) is 41.4 Å². The lowest BCUT2D eigenvalue weighted by molar-refractivity contribution is 0.787. The standard InChI is InChI=1S/C11H16BrN7/c1-3-13-10-9(12)11(16-6-15-10)14-5-4-8-18-17-7-19(8)2/h6-7H,3-5H2,1-2H3,(H2,13,14,15,16). The fourth-order valence-corrected chi connectivity index (χ4v) is 2.10. The van der Waals surface area contributed by atoms with Crippen LogP contribution in [0.3, 0.4) is 0 Å². The minimum atomic E-state index is 0.730. The molecule has 0 aliphatic carbocycles. The van der Waals surface area contributed by atoms with Gasteiger partial charge in [0.15, 0.2) is 0 Å². The van der Waals surface area contributed by atoms with Crippen molar-refractivity contribution in [3.8, 4) is 0 Å². The lowest BCUT2D eigenvalue weighted by Gasteiger charge is -2.10. The Morgan fingerprint density at radius 1 is 1.26 bits per heavy atom. The molecule has 0 saturated carbocycles. The van der Waals surface area contributed by atoms with Crippen LogP contribution >= 0.6 is 15.9 Å². The van der Waals surface area contributed by atoms with E-state index in [9.17, 15) is 0 Å². The first-order chi connectivity index (χ1) is 9.22. The summed E-state index contributed by atoms with van der Waals surface area (Å²) in [6, 6.07) is 0. The molecule has 2 N–H and O–H groups in total. The normalized spacial score (nSPS) is 10.5. The molecule has 0 fully saturated rings. The highest BCUT2D eigenvalue weighted by atomic mass is 79.9. The Morgan fingerprint density at radius 3 is 2.63 bits per heavy atom. The Hall–Kier alpha value is -1.70. The first kappa shape index (κ1) is 13.7. The van der Waals surface area contributed by atoms with E-state index in [4.69, 9.17) is 0 Å². The van der Waals surface area contributed by atoms with E-state index in [2.05, 4.69) is 46.7 Å². The van der Waals surface area contributed by atoms with Gasteiger partial charge in [-0.15, -0.1) is 10.2 Å². The molecule has 0 saturated heterocycles. The van der Waals surface area contributed by atoms with Gasteiger partial charge in [0.1, 0.15) is 34.6 Å². The molecule has 0 amide bonds. The van der Waals surface area contributed by atoms with Gasteiger partial charge in [-0.05, 0) is 22.9 Å². The molecule has 2 heterocycles. The van der Waals surface area contributed by atoms with Gasteiger partial charge in [-0.25, -0.2) is 9.97 Å². The molecule has 2 aromatic rings. The van der Waals surface area contributed by atoms with Crippen LogP contribution in [0.1, 0.15) is 12.7 Å². The molecular weight excluding hydrogens is 310 g/mol. The van der Waals surface area contributed by atoms with Gasteiger partial charge in [0.2, 0.25) is 0 Å². The zero-order chi connectivity index (χ0) is 13.7. The number of aromatic nitrogens is 5. The number of nitrogens with zero attached hydrogens (tertiary/aromatic N) is 5. The Labute approximate surface area is 120 Å². The molecule has 0 unspecified atom stereocenters. The number of hydrogen-bond acceptors (Lipinski definition) is 6. The van der Waals surface area contributed by atoms with Gasteiger partial charge in [-0.2, -0.15) is 0 Å². The molecule has 0 atom stereocenters. The molecule has 0 bridgehead atoms. The summed E-state index contributed by atoms with van der Waals surface area (Å²) in [6.07, 6.45) is 4.01. The van der Waals surface area contributed by atoms with Crippen LogP contribution in [0.5, 0.6) is 0 Å². The zero-order valence-corrected chi connectivity index (χ0v) is 12.5. The second kappa shape index (κ2) is 6.46. The Morgan fingerprint density at radius 2 is 2.00 bits per heavy atom. The van der Waals surface area contributed by atoms with E-state index in [1.165, 1.54) is 6.33 Å². The summed E-state index contributed by atoms with van der Waals surface area (Å²) < 4.78 is 2.75. The van der Waals surface area contributed by atoms with E-state index >= 15 is 0 Å².